The van der Waals surface area contributed by atoms with Gasteiger partial charge in [-0.2, -0.15) is 0 Å². The van der Waals surface area contributed by atoms with E-state index in [0.29, 0.717) is 17.9 Å². The van der Waals surface area contributed by atoms with Gasteiger partial charge in [-0.15, -0.1) is 0 Å². The largest absolute Gasteiger partial charge is 0.326 e. The molecule has 31 heavy (non-hydrogen) atoms. The van der Waals surface area contributed by atoms with Crippen molar-refractivity contribution in [1.29, 1.82) is 0 Å². The molecule has 3 amide bonds. The molecular weight excluding hydrogens is 390 g/mol. The Morgan fingerprint density at radius 2 is 1.81 bits per heavy atom. The second-order valence-electron chi connectivity index (χ2n) is 8.87. The van der Waals surface area contributed by atoms with Crippen molar-refractivity contribution in [3.05, 3.63) is 53.1 Å². The smallest absolute Gasteiger partial charge is 0.229 e. The number of carbonyl (C=O) groups is 3. The van der Waals surface area contributed by atoms with Crippen molar-refractivity contribution in [1.82, 2.24) is 0 Å². The Kier molecular flexibility index (Phi) is 5.81. The summed E-state index contributed by atoms with van der Waals surface area (Å²) in [5.74, 6) is -0.809. The Morgan fingerprint density at radius 1 is 1.03 bits per heavy atom. The van der Waals surface area contributed by atoms with Crippen LogP contribution in [0.1, 0.15) is 43.4 Å². The lowest BCUT2D eigenvalue weighted by molar-refractivity contribution is -0.122. The third-order valence-electron chi connectivity index (χ3n) is 6.18. The minimum absolute atomic E-state index is 0.0206. The lowest BCUT2D eigenvalue weighted by Crippen LogP contribution is -2.28. The van der Waals surface area contributed by atoms with Crippen LogP contribution in [-0.2, 0) is 27.2 Å². The highest BCUT2D eigenvalue weighted by atomic mass is 16.2. The first kappa shape index (κ1) is 21.1. The molecule has 1 unspecified atom stereocenters. The van der Waals surface area contributed by atoms with Crippen LogP contribution in [0.25, 0.3) is 0 Å². The summed E-state index contributed by atoms with van der Waals surface area (Å²) in [7, 11) is 0. The van der Waals surface area contributed by atoms with Crippen molar-refractivity contribution in [3.63, 3.8) is 0 Å². The predicted molar refractivity (Wildman–Crippen MR) is 122 cm³/mol. The Balaban J connectivity index is 1.45. The number of hydrogen-bond acceptors (Lipinski definition) is 3. The molecule has 2 N–H and O–H groups in total. The van der Waals surface area contributed by atoms with Gasteiger partial charge in [0, 0.05) is 35.9 Å². The summed E-state index contributed by atoms with van der Waals surface area (Å²) >= 11 is 0. The van der Waals surface area contributed by atoms with Gasteiger partial charge in [0.25, 0.3) is 0 Å². The van der Waals surface area contributed by atoms with Gasteiger partial charge in [-0.05, 0) is 67.1 Å². The first-order chi connectivity index (χ1) is 14.8. The summed E-state index contributed by atoms with van der Waals surface area (Å²) in [6, 6.07) is 11.7. The van der Waals surface area contributed by atoms with Crippen molar-refractivity contribution in [2.45, 2.75) is 46.5 Å². The number of anilines is 3. The Labute approximate surface area is 183 Å². The van der Waals surface area contributed by atoms with Gasteiger partial charge >= 0.3 is 0 Å². The van der Waals surface area contributed by atoms with E-state index in [9.17, 15) is 14.4 Å². The lowest BCUT2D eigenvalue weighted by atomic mass is 10.1. The topological polar surface area (TPSA) is 78.5 Å². The Bertz CT molecular complexity index is 1040. The number of carbonyl (C=O) groups excluding carboxylic acids is 3. The van der Waals surface area contributed by atoms with E-state index in [1.54, 1.807) is 11.0 Å². The molecular formula is C25H29N3O3. The highest BCUT2D eigenvalue weighted by Gasteiger charge is 2.35. The van der Waals surface area contributed by atoms with Crippen LogP contribution in [0.3, 0.4) is 0 Å². The standard InChI is InChI=1S/C25H29N3O3/c1-15(2)24(30)26-20-9-7-16(3)22(13-20)27-25(31)19-12-23(29)28(14-19)21-10-8-17-5-4-6-18(17)11-21/h7-11,13,15,19H,4-6,12,14H2,1-3H3,(H,26,30)(H,27,31). The van der Waals surface area contributed by atoms with Gasteiger partial charge in [0.05, 0.1) is 5.92 Å². The van der Waals surface area contributed by atoms with Gasteiger partial charge in [-0.25, -0.2) is 0 Å². The number of hydrogen-bond donors (Lipinski definition) is 2. The van der Waals surface area contributed by atoms with Crippen LogP contribution in [0.4, 0.5) is 17.1 Å². The molecule has 6 heteroatoms. The number of nitrogens with zero attached hydrogens (tertiary/aromatic N) is 1. The molecule has 2 aromatic carbocycles. The van der Waals surface area contributed by atoms with Crippen LogP contribution in [0, 0.1) is 18.8 Å². The molecule has 0 bridgehead atoms. The Hall–Kier alpha value is -3.15. The zero-order valence-electron chi connectivity index (χ0n) is 18.3. The van der Waals surface area contributed by atoms with E-state index in [-0.39, 0.29) is 30.1 Å². The molecule has 1 atom stereocenters. The first-order valence-electron chi connectivity index (χ1n) is 11.0. The normalized spacial score (nSPS) is 17.7. The van der Waals surface area contributed by atoms with Crippen LogP contribution >= 0.6 is 0 Å². The van der Waals surface area contributed by atoms with Gasteiger partial charge in [0.1, 0.15) is 0 Å². The van der Waals surface area contributed by atoms with Crippen LogP contribution in [0.15, 0.2) is 36.4 Å². The molecule has 0 aromatic heterocycles. The van der Waals surface area contributed by atoms with Crippen LogP contribution in [0.2, 0.25) is 0 Å². The lowest BCUT2D eigenvalue weighted by Gasteiger charge is -2.18. The second-order valence-corrected chi connectivity index (χ2v) is 8.87. The van der Waals surface area contributed by atoms with E-state index in [0.717, 1.165) is 30.5 Å². The average molecular weight is 420 g/mol. The molecule has 0 spiro atoms. The summed E-state index contributed by atoms with van der Waals surface area (Å²) in [5, 5.41) is 5.82. The monoisotopic (exact) mass is 419 g/mol. The van der Waals surface area contributed by atoms with Gasteiger partial charge in [0.15, 0.2) is 0 Å². The highest BCUT2D eigenvalue weighted by Crippen LogP contribution is 2.31. The van der Waals surface area contributed by atoms with E-state index < -0.39 is 5.92 Å². The molecule has 0 radical (unpaired) electrons. The van der Waals surface area contributed by atoms with Crippen molar-refractivity contribution >= 4 is 34.8 Å². The van der Waals surface area contributed by atoms with Crippen LogP contribution in [0.5, 0.6) is 0 Å². The molecule has 1 aliphatic carbocycles. The number of aryl methyl sites for hydroxylation is 3. The van der Waals surface area contributed by atoms with E-state index in [2.05, 4.69) is 22.8 Å². The number of fused-ring (bicyclic) bond motifs is 1. The van der Waals surface area contributed by atoms with Crippen molar-refractivity contribution in [2.24, 2.45) is 11.8 Å². The Morgan fingerprint density at radius 3 is 2.58 bits per heavy atom. The van der Waals surface area contributed by atoms with Gasteiger partial charge in [-0.1, -0.05) is 26.0 Å². The van der Waals surface area contributed by atoms with Crippen molar-refractivity contribution < 1.29 is 14.4 Å². The maximum Gasteiger partial charge on any atom is 0.229 e. The fourth-order valence-corrected chi connectivity index (χ4v) is 4.21. The minimum Gasteiger partial charge on any atom is -0.326 e. The van der Waals surface area contributed by atoms with Gasteiger partial charge in [0.2, 0.25) is 17.7 Å². The highest BCUT2D eigenvalue weighted by molar-refractivity contribution is 6.04. The van der Waals surface area contributed by atoms with E-state index >= 15 is 0 Å². The fraction of sp³-hybridized carbons (Fsp3) is 0.400. The van der Waals surface area contributed by atoms with Crippen molar-refractivity contribution in [3.8, 4) is 0 Å². The number of rotatable bonds is 5. The van der Waals surface area contributed by atoms with E-state index in [4.69, 9.17) is 0 Å². The molecule has 6 nitrogen and oxygen atoms in total. The van der Waals surface area contributed by atoms with Gasteiger partial charge < -0.3 is 15.5 Å². The SMILES string of the molecule is Cc1ccc(NC(=O)C(C)C)cc1NC(=O)C1CC(=O)N(c2ccc3c(c2)CCC3)C1. The molecule has 1 heterocycles. The summed E-state index contributed by atoms with van der Waals surface area (Å²) in [4.78, 5) is 39.3. The fourth-order valence-electron chi connectivity index (χ4n) is 4.21. The zero-order chi connectivity index (χ0) is 22.1. The molecule has 0 saturated carbocycles. The maximum atomic E-state index is 12.9. The molecule has 1 saturated heterocycles. The summed E-state index contributed by atoms with van der Waals surface area (Å²) in [6.07, 6.45) is 3.52. The second kappa shape index (κ2) is 8.53. The molecule has 4 rings (SSSR count). The van der Waals surface area contributed by atoms with Crippen LogP contribution in [-0.4, -0.2) is 24.3 Å². The summed E-state index contributed by atoms with van der Waals surface area (Å²) < 4.78 is 0. The molecule has 2 aliphatic rings. The summed E-state index contributed by atoms with van der Waals surface area (Å²) in [5.41, 5.74) is 5.75. The molecule has 162 valence electrons. The van der Waals surface area contributed by atoms with Crippen LogP contribution < -0.4 is 15.5 Å². The van der Waals surface area contributed by atoms with Crippen molar-refractivity contribution in [2.75, 3.05) is 22.1 Å². The molecule has 1 aliphatic heterocycles. The zero-order valence-corrected chi connectivity index (χ0v) is 18.3. The minimum atomic E-state index is -0.408. The molecule has 1 fully saturated rings. The third-order valence-corrected chi connectivity index (χ3v) is 6.18. The molecule has 2 aromatic rings. The number of amides is 3. The number of nitrogens with one attached hydrogen (secondary N) is 2. The third kappa shape index (κ3) is 4.48. The number of benzene rings is 2. The van der Waals surface area contributed by atoms with Gasteiger partial charge in [-0.3, -0.25) is 14.4 Å². The quantitative estimate of drug-likeness (QED) is 0.767. The maximum absolute atomic E-state index is 12.9. The predicted octanol–water partition coefficient (Wildman–Crippen LogP) is 4.07. The first-order valence-corrected chi connectivity index (χ1v) is 11.0. The summed E-state index contributed by atoms with van der Waals surface area (Å²) in [6.45, 7) is 5.94. The average Bonchev–Trinajstić information content (AvgIpc) is 3.36. The van der Waals surface area contributed by atoms with E-state index in [1.807, 2.05) is 39.0 Å². The van der Waals surface area contributed by atoms with E-state index in [1.165, 1.54) is 11.1 Å².